The highest BCUT2D eigenvalue weighted by Gasteiger charge is 2.20. The van der Waals surface area contributed by atoms with Crippen LogP contribution in [0.1, 0.15) is 50.2 Å². The van der Waals surface area contributed by atoms with Gasteiger partial charge >= 0.3 is 0 Å². The molecule has 0 bridgehead atoms. The summed E-state index contributed by atoms with van der Waals surface area (Å²) in [5.74, 6) is 0.801. The molecular formula is C20H31N2O2+. The van der Waals surface area contributed by atoms with E-state index in [1.807, 2.05) is 6.07 Å². The summed E-state index contributed by atoms with van der Waals surface area (Å²) < 4.78 is 5.64. The maximum atomic E-state index is 11.9. The number of rotatable bonds is 7. The lowest BCUT2D eigenvalue weighted by Gasteiger charge is -2.30. The number of benzene rings is 1. The Bertz CT molecular complexity index is 559. The lowest BCUT2D eigenvalue weighted by atomic mass is 10.0. The van der Waals surface area contributed by atoms with E-state index in [-0.39, 0.29) is 12.5 Å². The first-order valence-electron chi connectivity index (χ1n) is 9.58. The van der Waals surface area contributed by atoms with Gasteiger partial charge in [0.2, 0.25) is 0 Å². The molecule has 132 valence electrons. The van der Waals surface area contributed by atoms with Crippen LogP contribution in [0.4, 0.5) is 0 Å². The third-order valence-corrected chi connectivity index (χ3v) is 5.52. The quantitative estimate of drug-likeness (QED) is 0.744. The van der Waals surface area contributed by atoms with Crippen LogP contribution in [0.2, 0.25) is 0 Å². The lowest BCUT2D eigenvalue weighted by molar-refractivity contribution is -0.928. The number of carbonyl (C=O) groups excluding carboxylic acids is 1. The third-order valence-electron chi connectivity index (χ3n) is 5.52. The van der Waals surface area contributed by atoms with Gasteiger partial charge in [0.1, 0.15) is 5.75 Å². The average Bonchev–Trinajstić information content (AvgIpc) is 3.06. The molecule has 1 heterocycles. The smallest absolute Gasteiger partial charge is 0.257 e. The molecule has 1 fully saturated rings. The van der Waals surface area contributed by atoms with E-state index >= 15 is 0 Å². The second-order valence-corrected chi connectivity index (χ2v) is 7.33. The van der Waals surface area contributed by atoms with E-state index < -0.39 is 0 Å². The normalized spacial score (nSPS) is 22.9. The number of ether oxygens (including phenoxy) is 1. The number of piperidine rings is 1. The second-order valence-electron chi connectivity index (χ2n) is 7.33. The largest absolute Gasteiger partial charge is 0.484 e. The Hall–Kier alpha value is -1.55. The van der Waals surface area contributed by atoms with Crippen molar-refractivity contribution in [1.29, 1.82) is 0 Å². The van der Waals surface area contributed by atoms with Crippen molar-refractivity contribution in [3.8, 4) is 5.75 Å². The molecule has 0 spiro atoms. The topological polar surface area (TPSA) is 42.8 Å². The van der Waals surface area contributed by atoms with Crippen LogP contribution in [-0.4, -0.2) is 38.2 Å². The molecule has 1 aliphatic heterocycles. The molecule has 4 heteroatoms. The molecule has 0 saturated carbocycles. The van der Waals surface area contributed by atoms with Crippen molar-refractivity contribution in [1.82, 2.24) is 5.32 Å². The van der Waals surface area contributed by atoms with Crippen LogP contribution in [0.3, 0.4) is 0 Å². The van der Waals surface area contributed by atoms with Gasteiger partial charge in [-0.15, -0.1) is 0 Å². The summed E-state index contributed by atoms with van der Waals surface area (Å²) in [6, 6.07) is 6.99. The number of aryl methyl sites for hydroxylation is 2. The molecule has 1 saturated heterocycles. The zero-order valence-corrected chi connectivity index (χ0v) is 14.9. The molecule has 0 aromatic heterocycles. The highest BCUT2D eigenvalue weighted by Crippen LogP contribution is 2.25. The SMILES string of the molecule is C[C@@H]1CCCC[NH+]1CCCNC(=O)COc1ccc2c(c1)CCC2. The van der Waals surface area contributed by atoms with E-state index in [0.29, 0.717) is 0 Å². The molecule has 4 nitrogen and oxygen atoms in total. The number of amides is 1. The van der Waals surface area contributed by atoms with E-state index in [2.05, 4.69) is 24.4 Å². The van der Waals surface area contributed by atoms with Crippen LogP contribution in [0.5, 0.6) is 5.75 Å². The Morgan fingerprint density at radius 2 is 2.12 bits per heavy atom. The average molecular weight is 331 g/mol. The van der Waals surface area contributed by atoms with Crippen LogP contribution in [0.15, 0.2) is 18.2 Å². The second kappa shape index (κ2) is 8.52. The van der Waals surface area contributed by atoms with Gasteiger partial charge in [0.15, 0.2) is 6.61 Å². The van der Waals surface area contributed by atoms with E-state index in [1.54, 1.807) is 4.90 Å². The van der Waals surface area contributed by atoms with Crippen LogP contribution in [-0.2, 0) is 17.6 Å². The summed E-state index contributed by atoms with van der Waals surface area (Å²) >= 11 is 0. The Kier molecular flexibility index (Phi) is 6.13. The van der Waals surface area contributed by atoms with Crippen LogP contribution < -0.4 is 15.0 Å². The third kappa shape index (κ3) is 4.73. The molecule has 1 aromatic rings. The number of nitrogens with one attached hydrogen (secondary N) is 2. The minimum absolute atomic E-state index is 0.0165. The summed E-state index contributed by atoms with van der Waals surface area (Å²) in [4.78, 5) is 13.6. The number of quaternary nitrogens is 1. The van der Waals surface area contributed by atoms with Crippen molar-refractivity contribution < 1.29 is 14.4 Å². The van der Waals surface area contributed by atoms with Gasteiger partial charge in [-0.25, -0.2) is 0 Å². The summed E-state index contributed by atoms with van der Waals surface area (Å²) in [6.07, 6.45) is 8.66. The Balaban J connectivity index is 1.31. The maximum absolute atomic E-state index is 11.9. The molecule has 24 heavy (non-hydrogen) atoms. The number of likely N-dealkylation sites (tertiary alicyclic amines) is 1. The standard InChI is InChI=1S/C20H30N2O2/c1-16-6-2-3-12-22(16)13-5-11-21-20(23)15-24-19-10-9-17-7-4-8-18(17)14-19/h9-10,14,16H,2-8,11-13,15H2,1H3,(H,21,23)/p+1/t16-/m1/s1. The van der Waals surface area contributed by atoms with E-state index in [0.717, 1.165) is 37.7 Å². The zero-order chi connectivity index (χ0) is 16.8. The van der Waals surface area contributed by atoms with Gasteiger partial charge in [-0.2, -0.15) is 0 Å². The molecule has 2 N–H and O–H groups in total. The Morgan fingerprint density at radius 1 is 1.25 bits per heavy atom. The first kappa shape index (κ1) is 17.3. The molecule has 0 radical (unpaired) electrons. The van der Waals surface area contributed by atoms with Crippen LogP contribution >= 0.6 is 0 Å². The van der Waals surface area contributed by atoms with Gasteiger partial charge < -0.3 is 15.0 Å². The molecule has 2 atom stereocenters. The predicted molar refractivity (Wildman–Crippen MR) is 95.6 cm³/mol. The fraction of sp³-hybridized carbons (Fsp3) is 0.650. The van der Waals surface area contributed by atoms with Crippen molar-refractivity contribution in [3.05, 3.63) is 29.3 Å². The predicted octanol–water partition coefficient (Wildman–Crippen LogP) is 1.52. The van der Waals surface area contributed by atoms with E-state index in [9.17, 15) is 4.79 Å². The number of carbonyl (C=O) groups is 1. The van der Waals surface area contributed by atoms with Crippen molar-refractivity contribution in [2.24, 2.45) is 0 Å². The minimum Gasteiger partial charge on any atom is -0.484 e. The minimum atomic E-state index is -0.0165. The van der Waals surface area contributed by atoms with Gasteiger partial charge in [0, 0.05) is 13.0 Å². The number of hydrogen-bond acceptors (Lipinski definition) is 2. The number of hydrogen-bond donors (Lipinski definition) is 2. The van der Waals surface area contributed by atoms with Gasteiger partial charge in [-0.3, -0.25) is 4.79 Å². The highest BCUT2D eigenvalue weighted by molar-refractivity contribution is 5.77. The summed E-state index contributed by atoms with van der Waals surface area (Å²) in [5, 5.41) is 2.98. The zero-order valence-electron chi connectivity index (χ0n) is 14.9. The first-order chi connectivity index (χ1) is 11.7. The maximum Gasteiger partial charge on any atom is 0.257 e. The monoisotopic (exact) mass is 331 g/mol. The first-order valence-corrected chi connectivity index (χ1v) is 9.58. The molecule has 2 aliphatic rings. The molecule has 3 rings (SSSR count). The van der Waals surface area contributed by atoms with E-state index in [1.165, 1.54) is 49.8 Å². The number of fused-ring (bicyclic) bond motifs is 1. The van der Waals surface area contributed by atoms with Crippen LogP contribution in [0, 0.1) is 0 Å². The molecule has 1 amide bonds. The van der Waals surface area contributed by atoms with Gasteiger partial charge in [0.25, 0.3) is 5.91 Å². The molecule has 1 unspecified atom stereocenters. The lowest BCUT2D eigenvalue weighted by Crippen LogP contribution is -3.16. The Labute approximate surface area is 145 Å². The molecule has 1 aromatic carbocycles. The van der Waals surface area contributed by atoms with Crippen molar-refractivity contribution in [2.75, 3.05) is 26.2 Å². The van der Waals surface area contributed by atoms with Gasteiger partial charge in [-0.05, 0) is 68.7 Å². The van der Waals surface area contributed by atoms with Crippen molar-refractivity contribution in [3.63, 3.8) is 0 Å². The molecular weight excluding hydrogens is 300 g/mol. The fourth-order valence-electron chi connectivity index (χ4n) is 4.01. The Morgan fingerprint density at radius 3 is 3.00 bits per heavy atom. The van der Waals surface area contributed by atoms with Gasteiger partial charge in [0.05, 0.1) is 19.1 Å². The summed E-state index contributed by atoms with van der Waals surface area (Å²) in [7, 11) is 0. The summed E-state index contributed by atoms with van der Waals surface area (Å²) in [5.41, 5.74) is 2.81. The molecule has 1 aliphatic carbocycles. The highest BCUT2D eigenvalue weighted by atomic mass is 16.5. The van der Waals surface area contributed by atoms with Crippen LogP contribution in [0.25, 0.3) is 0 Å². The van der Waals surface area contributed by atoms with Crippen molar-refractivity contribution >= 4 is 5.91 Å². The fourth-order valence-corrected chi connectivity index (χ4v) is 4.01. The summed E-state index contributed by atoms with van der Waals surface area (Å²) in [6.45, 7) is 5.66. The van der Waals surface area contributed by atoms with Gasteiger partial charge in [-0.1, -0.05) is 6.07 Å². The van der Waals surface area contributed by atoms with Crippen molar-refractivity contribution in [2.45, 2.75) is 57.9 Å². The van der Waals surface area contributed by atoms with E-state index in [4.69, 9.17) is 4.74 Å².